The minimum absolute atomic E-state index is 0.0966. The molecule has 0 saturated heterocycles. The smallest absolute Gasteiger partial charge is 0.401 e. The lowest BCUT2D eigenvalue weighted by Gasteiger charge is -1.94. The molecule has 0 amide bonds. The van der Waals surface area contributed by atoms with Gasteiger partial charge in [0.15, 0.2) is 10.5 Å². The molecule has 8 nitrogen and oxygen atoms in total. The number of methoxy groups -OCH3 is 1. The van der Waals surface area contributed by atoms with Gasteiger partial charge in [-0.15, -0.1) is 0 Å². The third kappa shape index (κ3) is 6.77. The number of carbonyl (C=O) groups is 1. The molecule has 98 valence electrons. The van der Waals surface area contributed by atoms with E-state index in [1.165, 1.54) is 25.3 Å². The SMILES string of the molecule is COC(=O)c1ccc(Cl)cc1[N+]#N.O=S(=O)([O-])O. The summed E-state index contributed by atoms with van der Waals surface area (Å²) in [6.07, 6.45) is 0. The Labute approximate surface area is 107 Å². The van der Waals surface area contributed by atoms with Crippen molar-refractivity contribution in [3.05, 3.63) is 33.8 Å². The molecular formula is C8H7ClN2O6S. The van der Waals surface area contributed by atoms with Crippen LogP contribution in [0.1, 0.15) is 10.4 Å². The highest BCUT2D eigenvalue weighted by Crippen LogP contribution is 2.24. The minimum atomic E-state index is -4.92. The highest BCUT2D eigenvalue weighted by molar-refractivity contribution is 7.79. The van der Waals surface area contributed by atoms with E-state index in [0.29, 0.717) is 5.02 Å². The molecule has 0 aliphatic rings. The Bertz CT molecular complexity index is 572. The zero-order valence-electron chi connectivity index (χ0n) is 8.90. The number of carbonyl (C=O) groups excluding carboxylic acids is 1. The summed E-state index contributed by atoms with van der Waals surface area (Å²) in [6, 6.07) is 4.32. The molecule has 0 aliphatic heterocycles. The number of halogens is 1. The van der Waals surface area contributed by atoms with Crippen molar-refractivity contribution in [2.24, 2.45) is 0 Å². The highest BCUT2D eigenvalue weighted by Gasteiger charge is 2.21. The number of ether oxygens (including phenoxy) is 1. The van der Waals surface area contributed by atoms with Crippen LogP contribution < -0.4 is 0 Å². The summed E-state index contributed by atoms with van der Waals surface area (Å²) in [4.78, 5) is 14.0. The Hall–Kier alpha value is -1.73. The van der Waals surface area contributed by atoms with Crippen LogP contribution in [-0.2, 0) is 15.1 Å². The summed E-state index contributed by atoms with van der Waals surface area (Å²) >= 11 is 5.62. The number of nitrogens with zero attached hydrogens (tertiary/aromatic N) is 2. The summed E-state index contributed by atoms with van der Waals surface area (Å²) in [6.45, 7) is 0. The average Bonchev–Trinajstić information content (AvgIpc) is 2.25. The van der Waals surface area contributed by atoms with Crippen molar-refractivity contribution in [3.63, 3.8) is 0 Å². The molecule has 0 bridgehead atoms. The molecule has 1 aromatic carbocycles. The fourth-order valence-electron chi connectivity index (χ4n) is 0.870. The molecule has 0 heterocycles. The van der Waals surface area contributed by atoms with Crippen LogP contribution >= 0.6 is 11.6 Å². The molecule has 1 rings (SSSR count). The predicted octanol–water partition coefficient (Wildman–Crippen LogP) is 1.62. The lowest BCUT2D eigenvalue weighted by molar-refractivity contribution is 0.0602. The summed E-state index contributed by atoms with van der Waals surface area (Å²) in [5, 5.41) is 8.94. The van der Waals surface area contributed by atoms with Crippen LogP contribution in [0, 0.1) is 5.39 Å². The zero-order chi connectivity index (χ0) is 14.3. The van der Waals surface area contributed by atoms with Gasteiger partial charge >= 0.3 is 11.7 Å². The number of diazo groups is 1. The van der Waals surface area contributed by atoms with E-state index in [2.05, 4.69) is 9.71 Å². The second-order valence-corrected chi connectivity index (χ2v) is 3.97. The maximum Gasteiger partial charge on any atom is 0.401 e. The van der Waals surface area contributed by atoms with Gasteiger partial charge in [0, 0.05) is 5.02 Å². The number of esters is 1. The van der Waals surface area contributed by atoms with Crippen molar-refractivity contribution in [2.45, 2.75) is 0 Å². The Kier molecular flexibility index (Phi) is 6.21. The number of rotatable bonds is 1. The van der Waals surface area contributed by atoms with Crippen molar-refractivity contribution in [2.75, 3.05) is 7.11 Å². The van der Waals surface area contributed by atoms with E-state index in [4.69, 9.17) is 34.5 Å². The predicted molar refractivity (Wildman–Crippen MR) is 59.9 cm³/mol. The van der Waals surface area contributed by atoms with Gasteiger partial charge in [0.25, 0.3) is 0 Å². The van der Waals surface area contributed by atoms with Crippen molar-refractivity contribution >= 4 is 33.7 Å². The Morgan fingerprint density at radius 1 is 1.56 bits per heavy atom. The summed E-state index contributed by atoms with van der Waals surface area (Å²) in [5.41, 5.74) is 0.272. The van der Waals surface area contributed by atoms with Crippen molar-refractivity contribution in [1.82, 2.24) is 0 Å². The second kappa shape index (κ2) is 6.87. The van der Waals surface area contributed by atoms with Gasteiger partial charge in [-0.25, -0.2) is 13.2 Å². The van der Waals surface area contributed by atoms with E-state index in [1.54, 1.807) is 0 Å². The first kappa shape index (κ1) is 16.3. The van der Waals surface area contributed by atoms with Gasteiger partial charge in [0.05, 0.1) is 13.2 Å². The molecular weight excluding hydrogens is 288 g/mol. The number of hydrogen-bond acceptors (Lipinski definition) is 6. The quantitative estimate of drug-likeness (QED) is 0.360. The van der Waals surface area contributed by atoms with Gasteiger partial charge in [-0.2, -0.15) is 0 Å². The first-order valence-corrected chi connectivity index (χ1v) is 5.84. The Morgan fingerprint density at radius 2 is 2.06 bits per heavy atom. The van der Waals surface area contributed by atoms with Crippen LogP contribution in [0.15, 0.2) is 18.2 Å². The lowest BCUT2D eigenvalue weighted by atomic mass is 10.2. The van der Waals surface area contributed by atoms with Gasteiger partial charge < -0.3 is 9.29 Å². The Balaban J connectivity index is 0.000000494. The first-order chi connectivity index (χ1) is 8.19. The molecule has 18 heavy (non-hydrogen) atoms. The molecule has 0 aliphatic carbocycles. The van der Waals surface area contributed by atoms with Crippen LogP contribution in [-0.4, -0.2) is 30.6 Å². The average molecular weight is 295 g/mol. The molecule has 0 saturated carbocycles. The third-order valence-corrected chi connectivity index (χ3v) is 1.71. The molecule has 0 fully saturated rings. The van der Waals surface area contributed by atoms with Gasteiger partial charge in [-0.1, -0.05) is 11.6 Å². The molecule has 0 radical (unpaired) electrons. The summed E-state index contributed by atoms with van der Waals surface area (Å²) in [7, 11) is -3.67. The van der Waals surface area contributed by atoms with Gasteiger partial charge in [0.1, 0.15) is 0 Å². The van der Waals surface area contributed by atoms with Crippen molar-refractivity contribution in [1.29, 1.82) is 5.39 Å². The summed E-state index contributed by atoms with van der Waals surface area (Å²) in [5.74, 6) is -0.565. The van der Waals surface area contributed by atoms with Gasteiger partial charge in [-0.05, 0) is 12.1 Å². The van der Waals surface area contributed by atoms with Crippen LogP contribution in [0.2, 0.25) is 5.02 Å². The molecule has 10 heteroatoms. The lowest BCUT2D eigenvalue weighted by Crippen LogP contribution is -2.00. The van der Waals surface area contributed by atoms with E-state index in [9.17, 15) is 4.79 Å². The van der Waals surface area contributed by atoms with E-state index in [-0.39, 0.29) is 11.3 Å². The number of hydrogen-bond donors (Lipinski definition) is 1. The maximum absolute atomic E-state index is 11.1. The van der Waals surface area contributed by atoms with E-state index >= 15 is 0 Å². The highest BCUT2D eigenvalue weighted by atomic mass is 35.5. The van der Waals surface area contributed by atoms with Gasteiger partial charge in [0.2, 0.25) is 15.8 Å². The van der Waals surface area contributed by atoms with Gasteiger partial charge in [-0.3, -0.25) is 4.55 Å². The van der Waals surface area contributed by atoms with Crippen LogP contribution in [0.4, 0.5) is 5.69 Å². The maximum atomic E-state index is 11.1. The topological polar surface area (TPSA) is 132 Å². The normalized spacial score (nSPS) is 9.72. The fourth-order valence-corrected chi connectivity index (χ4v) is 1.04. The second-order valence-electron chi connectivity index (χ2n) is 2.68. The van der Waals surface area contributed by atoms with E-state index in [0.717, 1.165) is 0 Å². The number of benzene rings is 1. The minimum Gasteiger partial charge on any atom is -0.726 e. The van der Waals surface area contributed by atoms with Crippen LogP contribution in [0.3, 0.4) is 0 Å². The standard InChI is InChI=1S/C8H6ClN2O2.H2O4S/c1-13-8(12)6-3-2-5(9)4-7(6)11-10;1-5(2,3)4/h2-4H,1H3;(H2,1,2,3,4)/q+1;/p-1. The third-order valence-electron chi connectivity index (χ3n) is 1.47. The molecule has 0 spiro atoms. The van der Waals surface area contributed by atoms with Crippen molar-refractivity contribution < 1.29 is 27.1 Å². The molecule has 1 aromatic rings. The molecule has 1 N–H and O–H groups in total. The first-order valence-electron chi connectivity index (χ1n) is 4.10. The Morgan fingerprint density at radius 3 is 2.44 bits per heavy atom. The largest absolute Gasteiger partial charge is 0.726 e. The van der Waals surface area contributed by atoms with E-state index in [1.807, 2.05) is 0 Å². The van der Waals surface area contributed by atoms with E-state index < -0.39 is 16.4 Å². The monoisotopic (exact) mass is 294 g/mol. The molecule has 0 atom stereocenters. The summed E-state index contributed by atoms with van der Waals surface area (Å²) < 4.78 is 37.3. The van der Waals surface area contributed by atoms with Crippen LogP contribution in [0.5, 0.6) is 0 Å². The molecule has 0 unspecified atom stereocenters. The van der Waals surface area contributed by atoms with Crippen LogP contribution in [0.25, 0.3) is 4.98 Å². The zero-order valence-corrected chi connectivity index (χ0v) is 10.5. The van der Waals surface area contributed by atoms with Crippen molar-refractivity contribution in [3.8, 4) is 0 Å². The fraction of sp³-hybridized carbons (Fsp3) is 0.125. The molecule has 0 aromatic heterocycles.